The minimum absolute atomic E-state index is 0.0320. The predicted molar refractivity (Wildman–Crippen MR) is 86.4 cm³/mol. The number of hydrogen-bond donors (Lipinski definition) is 1. The summed E-state index contributed by atoms with van der Waals surface area (Å²) in [5.74, 6) is 0.460. The Labute approximate surface area is 137 Å². The standard InChI is InChI=1S/C16H12N4S2/c17-6-11-10-3-5-21-7-12(10)14(13-2-1-4-22-13)16(8-18,9-19)15(11)20/h1-4,11-12,14,20H,5,7H2/t11-,12+,14+/m0/s1. The molecule has 1 N–H and O–H groups in total. The van der Waals surface area contributed by atoms with E-state index in [1.54, 1.807) is 11.8 Å². The summed E-state index contributed by atoms with van der Waals surface area (Å²) in [6, 6.07) is 10.1. The summed E-state index contributed by atoms with van der Waals surface area (Å²) in [5.41, 5.74) is -0.691. The molecule has 3 atom stereocenters. The maximum Gasteiger partial charge on any atom is 0.190 e. The van der Waals surface area contributed by atoms with Gasteiger partial charge in [0.1, 0.15) is 5.92 Å². The van der Waals surface area contributed by atoms with Gasteiger partial charge in [0.25, 0.3) is 0 Å². The third-order valence-electron chi connectivity index (χ3n) is 4.41. The molecule has 1 aliphatic carbocycles. The van der Waals surface area contributed by atoms with Crippen molar-refractivity contribution in [2.75, 3.05) is 11.5 Å². The largest absolute Gasteiger partial charge is 0.305 e. The van der Waals surface area contributed by atoms with Crippen molar-refractivity contribution in [1.82, 2.24) is 0 Å². The fraction of sp³-hybridized carbons (Fsp3) is 0.375. The van der Waals surface area contributed by atoms with E-state index in [2.05, 4.69) is 18.2 Å². The summed E-state index contributed by atoms with van der Waals surface area (Å²) < 4.78 is 0. The van der Waals surface area contributed by atoms with Gasteiger partial charge in [-0.25, -0.2) is 0 Å². The van der Waals surface area contributed by atoms with E-state index in [1.165, 1.54) is 11.3 Å². The Balaban J connectivity index is 2.25. The summed E-state index contributed by atoms with van der Waals surface area (Å²) in [6.07, 6.45) is 2.01. The van der Waals surface area contributed by atoms with Crippen LogP contribution in [0.5, 0.6) is 0 Å². The molecule has 108 valence electrons. The second-order valence-corrected chi connectivity index (χ2v) is 7.40. The Morgan fingerprint density at radius 3 is 2.64 bits per heavy atom. The molecule has 1 aromatic heterocycles. The molecule has 2 aliphatic rings. The zero-order valence-corrected chi connectivity index (χ0v) is 13.2. The molecule has 1 fully saturated rings. The lowest BCUT2D eigenvalue weighted by atomic mass is 9.56. The highest BCUT2D eigenvalue weighted by Gasteiger charge is 2.57. The monoisotopic (exact) mass is 324 g/mol. The van der Waals surface area contributed by atoms with E-state index in [9.17, 15) is 15.8 Å². The molecule has 6 heteroatoms. The van der Waals surface area contributed by atoms with Crippen molar-refractivity contribution >= 4 is 28.8 Å². The zero-order valence-electron chi connectivity index (χ0n) is 11.6. The number of fused-ring (bicyclic) bond motifs is 1. The van der Waals surface area contributed by atoms with Crippen LogP contribution in [0.3, 0.4) is 0 Å². The molecule has 4 nitrogen and oxygen atoms in total. The van der Waals surface area contributed by atoms with Crippen LogP contribution >= 0.6 is 23.1 Å². The van der Waals surface area contributed by atoms with E-state index >= 15 is 0 Å². The van der Waals surface area contributed by atoms with E-state index in [1.807, 2.05) is 23.6 Å². The Hall–Kier alpha value is -2.07. The summed E-state index contributed by atoms with van der Waals surface area (Å²) >= 11 is 3.26. The van der Waals surface area contributed by atoms with Gasteiger partial charge >= 0.3 is 0 Å². The van der Waals surface area contributed by atoms with Crippen LogP contribution in [0.4, 0.5) is 0 Å². The molecule has 0 aromatic carbocycles. The third kappa shape index (κ3) is 1.91. The van der Waals surface area contributed by atoms with Gasteiger partial charge in [0.2, 0.25) is 0 Å². The highest BCUT2D eigenvalue weighted by Crippen LogP contribution is 2.55. The molecule has 2 heterocycles. The van der Waals surface area contributed by atoms with E-state index in [0.29, 0.717) is 0 Å². The minimum atomic E-state index is -1.55. The van der Waals surface area contributed by atoms with Crippen molar-refractivity contribution in [3.8, 4) is 18.2 Å². The van der Waals surface area contributed by atoms with Crippen LogP contribution in [-0.4, -0.2) is 17.2 Å². The van der Waals surface area contributed by atoms with Gasteiger partial charge in [-0.1, -0.05) is 12.1 Å². The number of thiophene rings is 1. The van der Waals surface area contributed by atoms with Crippen LogP contribution in [-0.2, 0) is 0 Å². The quantitative estimate of drug-likeness (QED) is 0.801. The van der Waals surface area contributed by atoms with Crippen LogP contribution in [0.15, 0.2) is 29.2 Å². The molecule has 22 heavy (non-hydrogen) atoms. The Kier molecular flexibility index (Phi) is 3.79. The highest BCUT2D eigenvalue weighted by atomic mass is 32.2. The molecule has 0 spiro atoms. The first-order valence-corrected chi connectivity index (χ1v) is 8.85. The lowest BCUT2D eigenvalue weighted by Crippen LogP contribution is -2.49. The molecule has 1 aromatic rings. The average molecular weight is 324 g/mol. The number of rotatable bonds is 1. The van der Waals surface area contributed by atoms with Crippen molar-refractivity contribution in [3.05, 3.63) is 34.0 Å². The van der Waals surface area contributed by atoms with E-state index in [0.717, 1.165) is 22.0 Å². The average Bonchev–Trinajstić information content (AvgIpc) is 3.08. The van der Waals surface area contributed by atoms with Gasteiger partial charge in [0.15, 0.2) is 5.41 Å². The maximum absolute atomic E-state index is 9.74. The molecule has 0 unspecified atom stereocenters. The molecule has 0 radical (unpaired) electrons. The Morgan fingerprint density at radius 2 is 2.05 bits per heavy atom. The van der Waals surface area contributed by atoms with Gasteiger partial charge in [0, 0.05) is 28.2 Å². The fourth-order valence-electron chi connectivity index (χ4n) is 3.39. The first kappa shape index (κ1) is 14.9. The lowest BCUT2D eigenvalue weighted by Gasteiger charge is -2.44. The van der Waals surface area contributed by atoms with Gasteiger partial charge in [-0.3, -0.25) is 0 Å². The van der Waals surface area contributed by atoms with Gasteiger partial charge in [-0.15, -0.1) is 11.3 Å². The SMILES string of the molecule is N#C[C@@H]1C(=N)C(C#N)(C#N)[C@@H](c2cccs2)[C@@H]2CSCC=C12. The Bertz CT molecular complexity index is 744. The van der Waals surface area contributed by atoms with Gasteiger partial charge < -0.3 is 5.41 Å². The molecule has 3 rings (SSSR count). The number of hydrogen-bond acceptors (Lipinski definition) is 6. The molecular weight excluding hydrogens is 312 g/mol. The van der Waals surface area contributed by atoms with Crippen LogP contribution in [0, 0.1) is 56.7 Å². The van der Waals surface area contributed by atoms with Crippen LogP contribution in [0.25, 0.3) is 0 Å². The predicted octanol–water partition coefficient (Wildman–Crippen LogP) is 3.33. The summed E-state index contributed by atoms with van der Waals surface area (Å²) in [5, 5.41) is 39.3. The molecule has 0 saturated heterocycles. The highest BCUT2D eigenvalue weighted by molar-refractivity contribution is 7.99. The minimum Gasteiger partial charge on any atom is -0.305 e. The topological polar surface area (TPSA) is 95.2 Å². The van der Waals surface area contributed by atoms with Crippen molar-refractivity contribution in [2.45, 2.75) is 5.92 Å². The van der Waals surface area contributed by atoms with E-state index < -0.39 is 11.3 Å². The summed E-state index contributed by atoms with van der Waals surface area (Å²) in [7, 11) is 0. The van der Waals surface area contributed by atoms with Crippen molar-refractivity contribution in [2.24, 2.45) is 17.3 Å². The van der Waals surface area contributed by atoms with Crippen LogP contribution in [0.1, 0.15) is 10.8 Å². The first-order valence-electron chi connectivity index (χ1n) is 6.81. The number of nitrogens with zero attached hydrogens (tertiary/aromatic N) is 3. The van der Waals surface area contributed by atoms with E-state index in [4.69, 9.17) is 5.41 Å². The smallest absolute Gasteiger partial charge is 0.190 e. The van der Waals surface area contributed by atoms with Gasteiger partial charge in [-0.05, 0) is 17.0 Å². The van der Waals surface area contributed by atoms with Crippen LogP contribution in [0.2, 0.25) is 0 Å². The summed E-state index contributed by atoms with van der Waals surface area (Å²) in [4.78, 5) is 0.947. The zero-order chi connectivity index (χ0) is 15.7. The molecular formula is C16H12N4S2. The second-order valence-electron chi connectivity index (χ2n) is 5.35. The number of nitrogens with one attached hydrogen (secondary N) is 1. The first-order chi connectivity index (χ1) is 10.7. The summed E-state index contributed by atoms with van der Waals surface area (Å²) in [6.45, 7) is 0. The van der Waals surface area contributed by atoms with Crippen molar-refractivity contribution in [3.63, 3.8) is 0 Å². The van der Waals surface area contributed by atoms with Crippen molar-refractivity contribution < 1.29 is 0 Å². The Morgan fingerprint density at radius 1 is 1.27 bits per heavy atom. The fourth-order valence-corrected chi connectivity index (χ4v) is 5.43. The number of nitriles is 3. The normalized spacial score (nSPS) is 29.4. The third-order valence-corrected chi connectivity index (χ3v) is 6.36. The lowest BCUT2D eigenvalue weighted by molar-refractivity contribution is 0.384. The van der Waals surface area contributed by atoms with Crippen molar-refractivity contribution in [1.29, 1.82) is 21.2 Å². The molecule has 0 bridgehead atoms. The molecule has 1 aliphatic heterocycles. The second kappa shape index (κ2) is 5.61. The van der Waals surface area contributed by atoms with Crippen LogP contribution < -0.4 is 0 Å². The van der Waals surface area contributed by atoms with Gasteiger partial charge in [-0.2, -0.15) is 27.5 Å². The number of allylic oxidation sites excluding steroid dienone is 1. The number of thioether (sulfide) groups is 1. The molecule has 1 saturated carbocycles. The maximum atomic E-state index is 9.74. The molecule has 0 amide bonds. The van der Waals surface area contributed by atoms with Gasteiger partial charge in [0.05, 0.1) is 23.9 Å². The van der Waals surface area contributed by atoms with E-state index in [-0.39, 0.29) is 17.5 Å².